The van der Waals surface area contributed by atoms with E-state index in [1.54, 1.807) is 6.20 Å². The van der Waals surface area contributed by atoms with E-state index in [1.807, 2.05) is 37.6 Å². The number of rotatable bonds is 6. The minimum atomic E-state index is 0.507. The average Bonchev–Trinajstić information content (AvgIpc) is 3.35. The van der Waals surface area contributed by atoms with Crippen LogP contribution in [0.2, 0.25) is 0 Å². The molecule has 8 heteroatoms. The number of pyridine rings is 1. The average molecular weight is 351 g/mol. The number of aromatic nitrogens is 5. The van der Waals surface area contributed by atoms with E-state index in [9.17, 15) is 0 Å². The van der Waals surface area contributed by atoms with Crippen molar-refractivity contribution in [2.75, 3.05) is 25.0 Å². The Morgan fingerprint density at radius 1 is 1.08 bits per heavy atom. The van der Waals surface area contributed by atoms with E-state index in [1.165, 1.54) is 12.8 Å². The van der Waals surface area contributed by atoms with Crippen LogP contribution in [0.4, 0.5) is 5.95 Å². The summed E-state index contributed by atoms with van der Waals surface area (Å²) in [5.74, 6) is 1.89. The quantitative estimate of drug-likeness (QED) is 0.668. The molecule has 1 aliphatic rings. The van der Waals surface area contributed by atoms with Crippen molar-refractivity contribution in [3.05, 3.63) is 48.2 Å². The molecule has 0 radical (unpaired) electrons. The molecule has 0 N–H and O–H groups in total. The van der Waals surface area contributed by atoms with Crippen molar-refractivity contribution in [3.8, 4) is 11.5 Å². The van der Waals surface area contributed by atoms with Gasteiger partial charge in [0.2, 0.25) is 17.7 Å². The molecule has 0 aromatic carbocycles. The monoisotopic (exact) mass is 351 g/mol. The Bertz CT molecular complexity index is 828. The van der Waals surface area contributed by atoms with Gasteiger partial charge in [0.1, 0.15) is 5.69 Å². The minimum Gasteiger partial charge on any atom is -0.341 e. The van der Waals surface area contributed by atoms with Crippen molar-refractivity contribution < 1.29 is 4.52 Å². The molecule has 0 spiro atoms. The molecule has 26 heavy (non-hydrogen) atoms. The molecule has 0 saturated carbocycles. The molecule has 3 aromatic heterocycles. The molecular formula is C18H21N7O. The molecule has 1 fully saturated rings. The third-order valence-corrected chi connectivity index (χ3v) is 4.30. The molecule has 4 heterocycles. The largest absolute Gasteiger partial charge is 0.341 e. The van der Waals surface area contributed by atoms with Crippen LogP contribution in [0.25, 0.3) is 11.5 Å². The lowest BCUT2D eigenvalue weighted by molar-refractivity contribution is 0.260. The first kappa shape index (κ1) is 16.6. The molecule has 0 unspecified atom stereocenters. The van der Waals surface area contributed by atoms with Crippen molar-refractivity contribution in [1.82, 2.24) is 30.0 Å². The van der Waals surface area contributed by atoms with Crippen molar-refractivity contribution in [2.24, 2.45) is 0 Å². The molecule has 0 bridgehead atoms. The van der Waals surface area contributed by atoms with Gasteiger partial charge < -0.3 is 9.42 Å². The second kappa shape index (κ2) is 7.57. The van der Waals surface area contributed by atoms with Crippen molar-refractivity contribution in [3.63, 3.8) is 0 Å². The number of hydrogen-bond acceptors (Lipinski definition) is 8. The number of anilines is 1. The molecular weight excluding hydrogens is 330 g/mol. The van der Waals surface area contributed by atoms with E-state index in [0.29, 0.717) is 30.5 Å². The fraction of sp³-hybridized carbons (Fsp3) is 0.389. The third kappa shape index (κ3) is 3.85. The van der Waals surface area contributed by atoms with Crippen LogP contribution in [-0.2, 0) is 13.1 Å². The predicted octanol–water partition coefficient (Wildman–Crippen LogP) is 2.15. The van der Waals surface area contributed by atoms with E-state index in [-0.39, 0.29) is 0 Å². The zero-order chi connectivity index (χ0) is 17.8. The van der Waals surface area contributed by atoms with Gasteiger partial charge in [-0.25, -0.2) is 9.97 Å². The lowest BCUT2D eigenvalue weighted by Crippen LogP contribution is -2.21. The summed E-state index contributed by atoms with van der Waals surface area (Å²) in [4.78, 5) is 21.9. The molecule has 1 aliphatic heterocycles. The number of nitrogens with zero attached hydrogens (tertiary/aromatic N) is 7. The van der Waals surface area contributed by atoms with E-state index in [0.717, 1.165) is 24.6 Å². The van der Waals surface area contributed by atoms with Gasteiger partial charge in [-0.3, -0.25) is 9.88 Å². The minimum absolute atomic E-state index is 0.507. The van der Waals surface area contributed by atoms with Crippen molar-refractivity contribution in [1.29, 1.82) is 0 Å². The van der Waals surface area contributed by atoms with Gasteiger partial charge in [0, 0.05) is 43.8 Å². The topological polar surface area (TPSA) is 84.1 Å². The highest BCUT2D eigenvalue weighted by Crippen LogP contribution is 2.16. The first-order valence-corrected chi connectivity index (χ1v) is 8.76. The zero-order valence-electron chi connectivity index (χ0n) is 14.7. The standard InChI is InChI=1S/C18H21N7O/c1-24(12-14-10-20-18(21-11-14)25-8-4-5-9-25)13-16-22-17(23-26-16)15-6-2-3-7-19-15/h2-3,6-7,10-11H,4-5,8-9,12-13H2,1H3. The summed E-state index contributed by atoms with van der Waals surface area (Å²) in [7, 11) is 2.00. The second-order valence-electron chi connectivity index (χ2n) is 6.48. The summed E-state index contributed by atoms with van der Waals surface area (Å²) in [5.41, 5.74) is 1.76. The summed E-state index contributed by atoms with van der Waals surface area (Å²) >= 11 is 0. The fourth-order valence-corrected chi connectivity index (χ4v) is 3.03. The Balaban J connectivity index is 1.35. The van der Waals surface area contributed by atoms with Crippen LogP contribution >= 0.6 is 0 Å². The van der Waals surface area contributed by atoms with Crippen molar-refractivity contribution in [2.45, 2.75) is 25.9 Å². The van der Waals surface area contributed by atoms with Crippen LogP contribution in [-0.4, -0.2) is 50.1 Å². The molecule has 8 nitrogen and oxygen atoms in total. The molecule has 0 amide bonds. The fourth-order valence-electron chi connectivity index (χ4n) is 3.03. The molecule has 4 rings (SSSR count). The van der Waals surface area contributed by atoms with E-state index in [2.05, 4.69) is 34.9 Å². The molecule has 0 atom stereocenters. The highest BCUT2D eigenvalue weighted by molar-refractivity contribution is 5.47. The molecule has 1 saturated heterocycles. The van der Waals surface area contributed by atoms with Gasteiger partial charge in [0.05, 0.1) is 6.54 Å². The van der Waals surface area contributed by atoms with Gasteiger partial charge in [-0.2, -0.15) is 4.98 Å². The Kier molecular flexibility index (Phi) is 4.83. The van der Waals surface area contributed by atoms with Gasteiger partial charge in [-0.15, -0.1) is 0 Å². The summed E-state index contributed by atoms with van der Waals surface area (Å²) in [6.45, 7) is 3.36. The smallest absolute Gasteiger partial charge is 0.241 e. The summed E-state index contributed by atoms with van der Waals surface area (Å²) in [5, 5.41) is 4.00. The Labute approximate surface area is 151 Å². The molecule has 0 aliphatic carbocycles. The van der Waals surface area contributed by atoms with Crippen LogP contribution in [0.3, 0.4) is 0 Å². The van der Waals surface area contributed by atoms with Crippen LogP contribution in [0, 0.1) is 0 Å². The van der Waals surface area contributed by atoms with Crippen LogP contribution in [0.1, 0.15) is 24.3 Å². The van der Waals surface area contributed by atoms with Gasteiger partial charge in [-0.05, 0) is 32.0 Å². The predicted molar refractivity (Wildman–Crippen MR) is 96.2 cm³/mol. The van der Waals surface area contributed by atoms with Crippen LogP contribution in [0.15, 0.2) is 41.3 Å². The Morgan fingerprint density at radius 2 is 1.88 bits per heavy atom. The summed E-state index contributed by atoms with van der Waals surface area (Å²) in [6.07, 6.45) is 7.94. The maximum absolute atomic E-state index is 5.33. The first-order valence-electron chi connectivity index (χ1n) is 8.76. The molecule has 3 aromatic rings. The zero-order valence-corrected chi connectivity index (χ0v) is 14.7. The normalized spacial score (nSPS) is 14.3. The van der Waals surface area contributed by atoms with Crippen LogP contribution in [0.5, 0.6) is 0 Å². The lowest BCUT2D eigenvalue weighted by atomic mass is 10.3. The first-order chi connectivity index (χ1) is 12.8. The van der Waals surface area contributed by atoms with Crippen molar-refractivity contribution >= 4 is 5.95 Å². The SMILES string of the molecule is CN(Cc1cnc(N2CCCC2)nc1)Cc1nc(-c2ccccn2)no1. The Hall–Kier alpha value is -2.87. The van der Waals surface area contributed by atoms with E-state index >= 15 is 0 Å². The van der Waals surface area contributed by atoms with E-state index in [4.69, 9.17) is 4.52 Å². The second-order valence-corrected chi connectivity index (χ2v) is 6.48. The number of hydrogen-bond donors (Lipinski definition) is 0. The van der Waals surface area contributed by atoms with Crippen LogP contribution < -0.4 is 4.90 Å². The van der Waals surface area contributed by atoms with Gasteiger partial charge >= 0.3 is 0 Å². The summed E-state index contributed by atoms with van der Waals surface area (Å²) < 4.78 is 5.33. The van der Waals surface area contributed by atoms with Gasteiger partial charge in [0.25, 0.3) is 0 Å². The van der Waals surface area contributed by atoms with E-state index < -0.39 is 0 Å². The lowest BCUT2D eigenvalue weighted by Gasteiger charge is -2.16. The highest BCUT2D eigenvalue weighted by Gasteiger charge is 2.15. The van der Waals surface area contributed by atoms with Gasteiger partial charge in [0.15, 0.2) is 0 Å². The third-order valence-electron chi connectivity index (χ3n) is 4.30. The van der Waals surface area contributed by atoms with Gasteiger partial charge in [-0.1, -0.05) is 11.2 Å². The maximum atomic E-state index is 5.33. The molecule has 134 valence electrons. The summed E-state index contributed by atoms with van der Waals surface area (Å²) in [6, 6.07) is 5.61. The highest BCUT2D eigenvalue weighted by atomic mass is 16.5. The maximum Gasteiger partial charge on any atom is 0.241 e. The Morgan fingerprint density at radius 3 is 2.62 bits per heavy atom.